The Balaban J connectivity index is 1.58. The Morgan fingerprint density at radius 1 is 1.00 bits per heavy atom. The molecule has 0 bridgehead atoms. The molecule has 2 heterocycles. The number of rotatable bonds is 9. The van der Waals surface area contributed by atoms with Crippen LogP contribution in [0.15, 0.2) is 83.5 Å². The van der Waals surface area contributed by atoms with Gasteiger partial charge in [0.2, 0.25) is 10.0 Å². The average Bonchev–Trinajstić information content (AvgIpc) is 3.48. The summed E-state index contributed by atoms with van der Waals surface area (Å²) in [5, 5.41) is 7.47. The van der Waals surface area contributed by atoms with Gasteiger partial charge >= 0.3 is 0 Å². The number of furan rings is 1. The highest BCUT2D eigenvalue weighted by Crippen LogP contribution is 2.22. The number of hydrogen-bond donors (Lipinski definition) is 2. The maximum absolute atomic E-state index is 13.2. The number of carbonyl (C=O) groups is 1. The molecule has 2 N–H and O–H groups in total. The van der Waals surface area contributed by atoms with Crippen LogP contribution in [0.1, 0.15) is 35.5 Å². The van der Waals surface area contributed by atoms with E-state index < -0.39 is 10.0 Å². The first-order valence-corrected chi connectivity index (χ1v) is 12.5. The fourth-order valence-electron chi connectivity index (χ4n) is 3.60. The summed E-state index contributed by atoms with van der Waals surface area (Å²) >= 11 is 0. The van der Waals surface area contributed by atoms with Crippen LogP contribution in [-0.4, -0.2) is 30.1 Å². The number of benzene rings is 2. The molecular formula is C25H26N4O4S. The van der Waals surface area contributed by atoms with Gasteiger partial charge in [0.05, 0.1) is 17.7 Å². The van der Waals surface area contributed by atoms with E-state index in [0.717, 1.165) is 11.3 Å². The van der Waals surface area contributed by atoms with Crippen LogP contribution in [0.4, 0.5) is 0 Å². The Kier molecular flexibility index (Phi) is 6.95. The first kappa shape index (κ1) is 23.5. The molecule has 34 heavy (non-hydrogen) atoms. The topological polar surface area (TPSA) is 106 Å². The van der Waals surface area contributed by atoms with Crippen LogP contribution in [0.25, 0.3) is 17.1 Å². The van der Waals surface area contributed by atoms with Gasteiger partial charge in [-0.15, -0.1) is 0 Å². The normalized spacial score (nSPS) is 11.6. The van der Waals surface area contributed by atoms with Gasteiger partial charge in [-0.3, -0.25) is 4.79 Å². The summed E-state index contributed by atoms with van der Waals surface area (Å²) in [5.41, 5.74) is 2.96. The molecule has 0 atom stereocenters. The number of aromatic nitrogens is 2. The van der Waals surface area contributed by atoms with Gasteiger partial charge in [-0.25, -0.2) is 17.8 Å². The molecule has 1 amide bonds. The second kappa shape index (κ2) is 10.1. The molecular weight excluding hydrogens is 452 g/mol. The number of hydrogen-bond acceptors (Lipinski definition) is 5. The highest BCUT2D eigenvalue weighted by atomic mass is 32.2. The summed E-state index contributed by atoms with van der Waals surface area (Å²) in [7, 11) is -3.50. The predicted octanol–water partition coefficient (Wildman–Crippen LogP) is 3.89. The Morgan fingerprint density at radius 2 is 1.71 bits per heavy atom. The molecule has 0 aliphatic rings. The van der Waals surface area contributed by atoms with Crippen molar-refractivity contribution in [1.29, 1.82) is 0 Å². The zero-order chi connectivity index (χ0) is 24.1. The van der Waals surface area contributed by atoms with Gasteiger partial charge in [0.1, 0.15) is 11.4 Å². The van der Waals surface area contributed by atoms with Crippen molar-refractivity contribution >= 4 is 15.9 Å². The van der Waals surface area contributed by atoms with Crippen LogP contribution in [0.3, 0.4) is 0 Å². The molecule has 0 spiro atoms. The molecule has 0 aliphatic carbocycles. The molecule has 176 valence electrons. The van der Waals surface area contributed by atoms with Gasteiger partial charge < -0.3 is 9.73 Å². The average molecular weight is 479 g/mol. The van der Waals surface area contributed by atoms with E-state index in [1.54, 1.807) is 55.1 Å². The minimum Gasteiger partial charge on any atom is -0.463 e. The summed E-state index contributed by atoms with van der Waals surface area (Å²) in [6, 6.07) is 21.5. The van der Waals surface area contributed by atoms with Crippen LogP contribution in [0, 0.1) is 0 Å². The summed E-state index contributed by atoms with van der Waals surface area (Å²) < 4.78 is 34.4. The molecule has 0 saturated heterocycles. The molecule has 9 heteroatoms. The molecule has 2 aromatic carbocycles. The van der Waals surface area contributed by atoms with Gasteiger partial charge in [-0.1, -0.05) is 42.5 Å². The minimum atomic E-state index is -3.50. The largest absolute Gasteiger partial charge is 0.463 e. The first-order chi connectivity index (χ1) is 16.3. The van der Waals surface area contributed by atoms with Crippen LogP contribution >= 0.6 is 0 Å². The Morgan fingerprint density at radius 3 is 2.38 bits per heavy atom. The third kappa shape index (κ3) is 5.62. The van der Waals surface area contributed by atoms with Crippen molar-refractivity contribution in [2.24, 2.45) is 0 Å². The van der Waals surface area contributed by atoms with Crippen LogP contribution in [0.2, 0.25) is 0 Å². The fourth-order valence-corrected chi connectivity index (χ4v) is 5.09. The lowest BCUT2D eigenvalue weighted by Gasteiger charge is -2.13. The summed E-state index contributed by atoms with van der Waals surface area (Å²) in [4.78, 5) is 13.2. The molecule has 4 rings (SSSR count). The molecule has 0 radical (unpaired) electrons. The Hall–Kier alpha value is -3.69. The quantitative estimate of drug-likeness (QED) is 0.380. The van der Waals surface area contributed by atoms with Crippen molar-refractivity contribution in [2.45, 2.75) is 32.2 Å². The number of nitrogens with one attached hydrogen (secondary N) is 2. The summed E-state index contributed by atoms with van der Waals surface area (Å²) in [6.07, 6.45) is 1.55. The van der Waals surface area contributed by atoms with Crippen LogP contribution in [-0.2, 0) is 22.3 Å². The minimum absolute atomic E-state index is 0.165. The van der Waals surface area contributed by atoms with Gasteiger partial charge in [0, 0.05) is 18.7 Å². The zero-order valence-electron chi connectivity index (χ0n) is 18.9. The standard InChI is InChI=1S/C25H26N4O4S/c1-18(2)28-34(31,32)17-20-10-7-6-9-19(20)16-26-25(30)23-15-22(24-13-8-14-33-24)27-29(23)21-11-4-3-5-12-21/h3-15,18,28H,16-17H2,1-2H3,(H,26,30). The second-order valence-corrected chi connectivity index (χ2v) is 9.88. The van der Waals surface area contributed by atoms with E-state index in [1.165, 1.54) is 0 Å². The number of amides is 1. The van der Waals surface area contributed by atoms with Crippen LogP contribution in [0.5, 0.6) is 0 Å². The number of para-hydroxylation sites is 1. The molecule has 0 saturated carbocycles. The van der Waals surface area contributed by atoms with Gasteiger partial charge in [0.25, 0.3) is 5.91 Å². The second-order valence-electron chi connectivity index (χ2n) is 8.12. The molecule has 0 aliphatic heterocycles. The fraction of sp³-hybridized carbons (Fsp3) is 0.200. The number of sulfonamides is 1. The summed E-state index contributed by atoms with van der Waals surface area (Å²) in [5.74, 6) is 0.0472. The number of nitrogens with zero attached hydrogens (tertiary/aromatic N) is 2. The lowest BCUT2D eigenvalue weighted by atomic mass is 10.1. The van der Waals surface area contributed by atoms with E-state index in [9.17, 15) is 13.2 Å². The first-order valence-electron chi connectivity index (χ1n) is 10.9. The van der Waals surface area contributed by atoms with Crippen LogP contribution < -0.4 is 10.0 Å². The highest BCUT2D eigenvalue weighted by Gasteiger charge is 2.20. The highest BCUT2D eigenvalue weighted by molar-refractivity contribution is 7.88. The monoisotopic (exact) mass is 478 g/mol. The van der Waals surface area contributed by atoms with E-state index in [0.29, 0.717) is 22.7 Å². The third-order valence-electron chi connectivity index (χ3n) is 5.03. The maximum atomic E-state index is 13.2. The molecule has 2 aromatic heterocycles. The van der Waals surface area contributed by atoms with E-state index in [-0.39, 0.29) is 24.2 Å². The lowest BCUT2D eigenvalue weighted by Crippen LogP contribution is -2.32. The van der Waals surface area contributed by atoms with Crippen molar-refractivity contribution in [3.05, 3.63) is 95.9 Å². The van der Waals surface area contributed by atoms with Gasteiger partial charge in [-0.05, 0) is 49.2 Å². The van der Waals surface area contributed by atoms with Crippen molar-refractivity contribution < 1.29 is 17.6 Å². The van der Waals surface area contributed by atoms with Crippen molar-refractivity contribution in [1.82, 2.24) is 19.8 Å². The number of carbonyl (C=O) groups excluding carboxylic acids is 1. The molecule has 0 fully saturated rings. The molecule has 4 aromatic rings. The van der Waals surface area contributed by atoms with E-state index >= 15 is 0 Å². The molecule has 0 unspecified atom stereocenters. The van der Waals surface area contributed by atoms with E-state index in [1.807, 2.05) is 42.5 Å². The van der Waals surface area contributed by atoms with Crippen molar-refractivity contribution in [2.75, 3.05) is 0 Å². The predicted molar refractivity (Wildman–Crippen MR) is 130 cm³/mol. The van der Waals surface area contributed by atoms with E-state index in [4.69, 9.17) is 4.42 Å². The van der Waals surface area contributed by atoms with Gasteiger partial charge in [-0.2, -0.15) is 5.10 Å². The SMILES string of the molecule is CC(C)NS(=O)(=O)Cc1ccccc1CNC(=O)c1cc(-c2ccco2)nn1-c1ccccc1. The summed E-state index contributed by atoms with van der Waals surface area (Å²) in [6.45, 7) is 3.72. The molecule has 8 nitrogen and oxygen atoms in total. The lowest BCUT2D eigenvalue weighted by molar-refractivity contribution is 0.0943. The van der Waals surface area contributed by atoms with Crippen molar-refractivity contribution in [3.63, 3.8) is 0 Å². The Bertz CT molecular complexity index is 1360. The van der Waals surface area contributed by atoms with Crippen molar-refractivity contribution in [3.8, 4) is 17.1 Å². The smallest absolute Gasteiger partial charge is 0.270 e. The van der Waals surface area contributed by atoms with Gasteiger partial charge in [0.15, 0.2) is 5.76 Å². The Labute approximate surface area is 198 Å². The zero-order valence-corrected chi connectivity index (χ0v) is 19.7. The third-order valence-corrected chi connectivity index (χ3v) is 6.56. The van der Waals surface area contributed by atoms with E-state index in [2.05, 4.69) is 15.1 Å². The maximum Gasteiger partial charge on any atom is 0.270 e.